The van der Waals surface area contributed by atoms with Crippen molar-refractivity contribution < 1.29 is 9.59 Å². The van der Waals surface area contributed by atoms with Gasteiger partial charge in [0.1, 0.15) is 6.54 Å². The van der Waals surface area contributed by atoms with E-state index in [1.807, 2.05) is 58.0 Å². The molecule has 2 aromatic heterocycles. The van der Waals surface area contributed by atoms with Gasteiger partial charge in [-0.25, -0.2) is 13.9 Å². The lowest BCUT2D eigenvalue weighted by Gasteiger charge is -2.12. The van der Waals surface area contributed by atoms with Gasteiger partial charge in [-0.2, -0.15) is 0 Å². The summed E-state index contributed by atoms with van der Waals surface area (Å²) in [6.07, 6.45) is 0. The summed E-state index contributed by atoms with van der Waals surface area (Å²) in [5, 5.41) is 10.2. The van der Waals surface area contributed by atoms with Crippen LogP contribution in [0.5, 0.6) is 0 Å². The van der Waals surface area contributed by atoms with Crippen LogP contribution in [0.4, 0.5) is 0 Å². The summed E-state index contributed by atoms with van der Waals surface area (Å²) >= 11 is 0. The molecule has 0 atom stereocenters. The van der Waals surface area contributed by atoms with Crippen LogP contribution in [0.1, 0.15) is 43.6 Å². The highest BCUT2D eigenvalue weighted by molar-refractivity contribution is 5.98. The largest absolute Gasteiger partial charge is 0.352 e. The van der Waals surface area contributed by atoms with Crippen LogP contribution in [0.3, 0.4) is 0 Å². The van der Waals surface area contributed by atoms with Crippen LogP contribution in [0, 0.1) is 0 Å². The van der Waals surface area contributed by atoms with Gasteiger partial charge in [0.15, 0.2) is 0 Å². The molecule has 2 amide bonds. The van der Waals surface area contributed by atoms with Gasteiger partial charge in [0.25, 0.3) is 11.5 Å². The molecule has 182 valence electrons. The van der Waals surface area contributed by atoms with Gasteiger partial charge in [-0.05, 0) is 51.5 Å². The fraction of sp³-hybridized carbons (Fsp3) is 0.320. The van der Waals surface area contributed by atoms with Gasteiger partial charge in [0.2, 0.25) is 11.7 Å². The van der Waals surface area contributed by atoms with E-state index in [2.05, 4.69) is 15.7 Å². The molecule has 0 radical (unpaired) electrons. The predicted molar refractivity (Wildman–Crippen MR) is 133 cm³/mol. The maximum atomic E-state index is 13.5. The number of hydrogen-bond acceptors (Lipinski definition) is 5. The SMILES string of the molecule is CC(C)NC(=O)Cn1nc2n(Cc3ccccc3)c(=O)c3ccc(C(=O)NC(C)C)cc3n2c1=O. The summed E-state index contributed by atoms with van der Waals surface area (Å²) in [7, 11) is 0. The van der Waals surface area contributed by atoms with E-state index in [0.29, 0.717) is 5.56 Å². The molecule has 0 saturated carbocycles. The maximum absolute atomic E-state index is 13.5. The third kappa shape index (κ3) is 4.86. The smallest absolute Gasteiger partial charge is 0.352 e. The van der Waals surface area contributed by atoms with Crippen LogP contribution in [-0.2, 0) is 17.9 Å². The van der Waals surface area contributed by atoms with Gasteiger partial charge in [-0.3, -0.25) is 19.0 Å². The Morgan fingerprint density at radius 2 is 1.63 bits per heavy atom. The van der Waals surface area contributed by atoms with Gasteiger partial charge >= 0.3 is 5.69 Å². The van der Waals surface area contributed by atoms with Gasteiger partial charge in [-0.15, -0.1) is 5.10 Å². The van der Waals surface area contributed by atoms with Crippen LogP contribution >= 0.6 is 0 Å². The highest BCUT2D eigenvalue weighted by Crippen LogP contribution is 2.15. The highest BCUT2D eigenvalue weighted by atomic mass is 16.2. The summed E-state index contributed by atoms with van der Waals surface area (Å²) in [5.41, 5.74) is 0.488. The number of benzene rings is 2. The number of amides is 2. The zero-order valence-corrected chi connectivity index (χ0v) is 20.1. The van der Waals surface area contributed by atoms with Crippen LogP contribution in [0.15, 0.2) is 58.1 Å². The molecule has 0 saturated heterocycles. The number of carbonyl (C=O) groups is 2. The second-order valence-electron chi connectivity index (χ2n) is 9.03. The van der Waals surface area contributed by atoms with Crippen molar-refractivity contribution >= 4 is 28.5 Å². The summed E-state index contributed by atoms with van der Waals surface area (Å²) in [5.74, 6) is -0.598. The van der Waals surface area contributed by atoms with Gasteiger partial charge in [-0.1, -0.05) is 30.3 Å². The Labute approximate surface area is 201 Å². The zero-order valence-electron chi connectivity index (χ0n) is 20.1. The lowest BCUT2D eigenvalue weighted by atomic mass is 10.1. The lowest BCUT2D eigenvalue weighted by molar-refractivity contribution is -0.122. The highest BCUT2D eigenvalue weighted by Gasteiger charge is 2.20. The zero-order chi connectivity index (χ0) is 25.3. The Hall–Kier alpha value is -4.21. The molecule has 2 heterocycles. The summed E-state index contributed by atoms with van der Waals surface area (Å²) in [6, 6.07) is 13.8. The minimum Gasteiger partial charge on any atom is -0.352 e. The molecule has 0 aliphatic carbocycles. The van der Waals surface area contributed by atoms with Crippen molar-refractivity contribution in [2.24, 2.45) is 0 Å². The second kappa shape index (κ2) is 9.57. The molecule has 35 heavy (non-hydrogen) atoms. The van der Waals surface area contributed by atoms with E-state index in [9.17, 15) is 19.2 Å². The first-order valence-electron chi connectivity index (χ1n) is 11.5. The third-order valence-corrected chi connectivity index (χ3v) is 5.39. The number of nitrogens with zero attached hydrogens (tertiary/aromatic N) is 4. The van der Waals surface area contributed by atoms with Crippen LogP contribution in [-0.4, -0.2) is 42.6 Å². The summed E-state index contributed by atoms with van der Waals surface area (Å²) < 4.78 is 3.73. The van der Waals surface area contributed by atoms with Gasteiger partial charge in [0, 0.05) is 17.6 Å². The minimum atomic E-state index is -0.577. The first kappa shape index (κ1) is 23.9. The van der Waals surface area contributed by atoms with E-state index < -0.39 is 5.69 Å². The topological polar surface area (TPSA) is 120 Å². The van der Waals surface area contributed by atoms with Crippen molar-refractivity contribution in [3.63, 3.8) is 0 Å². The Bertz CT molecular complexity index is 1530. The van der Waals surface area contributed by atoms with Crippen molar-refractivity contribution in [2.45, 2.75) is 52.9 Å². The van der Waals surface area contributed by atoms with Crippen molar-refractivity contribution in [3.05, 3.63) is 80.5 Å². The first-order chi connectivity index (χ1) is 16.7. The van der Waals surface area contributed by atoms with E-state index in [0.717, 1.165) is 10.2 Å². The quantitative estimate of drug-likeness (QED) is 0.419. The average molecular weight is 477 g/mol. The number of carbonyl (C=O) groups excluding carboxylic acids is 2. The minimum absolute atomic E-state index is 0.0815. The Balaban J connectivity index is 1.96. The Morgan fingerprint density at radius 1 is 0.943 bits per heavy atom. The Morgan fingerprint density at radius 3 is 2.29 bits per heavy atom. The van der Waals surface area contributed by atoms with Crippen molar-refractivity contribution in [1.82, 2.24) is 29.4 Å². The first-order valence-corrected chi connectivity index (χ1v) is 11.5. The van der Waals surface area contributed by atoms with E-state index in [-0.39, 0.29) is 59.2 Å². The molecule has 0 unspecified atom stereocenters. The maximum Gasteiger partial charge on any atom is 0.352 e. The number of rotatable bonds is 7. The molecular formula is C25H28N6O4. The molecule has 0 aliphatic rings. The number of nitrogens with one attached hydrogen (secondary N) is 2. The van der Waals surface area contributed by atoms with Crippen molar-refractivity contribution in [2.75, 3.05) is 0 Å². The van der Waals surface area contributed by atoms with Crippen molar-refractivity contribution in [3.8, 4) is 0 Å². The molecule has 4 rings (SSSR count). The van der Waals surface area contributed by atoms with E-state index in [1.54, 1.807) is 12.1 Å². The van der Waals surface area contributed by atoms with Crippen LogP contribution in [0.25, 0.3) is 16.7 Å². The monoisotopic (exact) mass is 476 g/mol. The van der Waals surface area contributed by atoms with Gasteiger partial charge < -0.3 is 10.6 Å². The molecule has 10 heteroatoms. The van der Waals surface area contributed by atoms with Crippen molar-refractivity contribution in [1.29, 1.82) is 0 Å². The predicted octanol–water partition coefficient (Wildman–Crippen LogP) is 1.52. The molecule has 0 spiro atoms. The molecule has 0 fully saturated rings. The molecule has 10 nitrogen and oxygen atoms in total. The average Bonchev–Trinajstić information content (AvgIpc) is 3.11. The number of fused-ring (bicyclic) bond motifs is 3. The molecule has 2 N–H and O–H groups in total. The molecule has 0 bridgehead atoms. The Kier molecular flexibility index (Phi) is 6.54. The normalized spacial score (nSPS) is 11.5. The van der Waals surface area contributed by atoms with Crippen LogP contribution in [0.2, 0.25) is 0 Å². The molecular weight excluding hydrogens is 448 g/mol. The van der Waals surface area contributed by atoms with Crippen LogP contribution < -0.4 is 21.9 Å². The number of aromatic nitrogens is 4. The van der Waals surface area contributed by atoms with E-state index in [4.69, 9.17) is 0 Å². The van der Waals surface area contributed by atoms with E-state index in [1.165, 1.54) is 15.0 Å². The third-order valence-electron chi connectivity index (χ3n) is 5.39. The van der Waals surface area contributed by atoms with E-state index >= 15 is 0 Å². The standard InChI is InChI=1S/C25H28N6O4/c1-15(2)26-21(32)14-30-25(35)31-20-12-18(22(33)27-16(3)4)10-11-19(20)23(34)29(24(31)28-30)13-17-8-6-5-7-9-17/h5-12,15-16H,13-14H2,1-4H3,(H,26,32)(H,27,33). The summed E-state index contributed by atoms with van der Waals surface area (Å²) in [6.45, 7) is 7.21. The fourth-order valence-electron chi connectivity index (χ4n) is 3.92. The molecule has 2 aromatic carbocycles. The number of hydrogen-bond donors (Lipinski definition) is 2. The summed E-state index contributed by atoms with van der Waals surface area (Å²) in [4.78, 5) is 51.9. The molecule has 0 aliphatic heterocycles. The lowest BCUT2D eigenvalue weighted by Crippen LogP contribution is -2.36. The fourth-order valence-corrected chi connectivity index (χ4v) is 3.92. The molecule has 4 aromatic rings. The van der Waals surface area contributed by atoms with Gasteiger partial charge in [0.05, 0.1) is 17.4 Å². The second-order valence-corrected chi connectivity index (χ2v) is 9.03.